The molecule has 2 aromatic carbocycles. The molecule has 0 radical (unpaired) electrons. The quantitative estimate of drug-likeness (QED) is 0.450. The third-order valence-corrected chi connectivity index (χ3v) is 6.44. The van der Waals surface area contributed by atoms with Crippen LogP contribution in [0.1, 0.15) is 29.3 Å². The molecule has 5 nitrogen and oxygen atoms in total. The predicted octanol–water partition coefficient (Wildman–Crippen LogP) is 4.73. The molecule has 1 fully saturated rings. The summed E-state index contributed by atoms with van der Waals surface area (Å²) in [7, 11) is 0. The summed E-state index contributed by atoms with van der Waals surface area (Å²) in [5.41, 5.74) is 1.22. The second-order valence-corrected chi connectivity index (χ2v) is 8.78. The van der Waals surface area contributed by atoms with E-state index in [1.54, 1.807) is 24.3 Å². The van der Waals surface area contributed by atoms with Crippen molar-refractivity contribution < 1.29 is 27.6 Å². The number of rotatable bonds is 7. The van der Waals surface area contributed by atoms with Gasteiger partial charge in [-0.1, -0.05) is 41.9 Å². The lowest BCUT2D eigenvalue weighted by molar-refractivity contribution is -0.139. The van der Waals surface area contributed by atoms with Crippen LogP contribution in [-0.4, -0.2) is 51.9 Å². The van der Waals surface area contributed by atoms with Gasteiger partial charge in [-0.25, -0.2) is 13.2 Å². The highest BCUT2D eigenvalue weighted by Crippen LogP contribution is 2.28. The zero-order valence-electron chi connectivity index (χ0n) is 18.3. The minimum Gasteiger partial charge on any atom is -0.337 e. The summed E-state index contributed by atoms with van der Waals surface area (Å²) < 4.78 is 44.6. The first-order valence-electron chi connectivity index (χ1n) is 10.8. The molecule has 1 aliphatic heterocycles. The average molecular weight is 491 g/mol. The third-order valence-electron chi connectivity index (χ3n) is 6.15. The minimum absolute atomic E-state index is 0.0579. The number of fused-ring (bicyclic) bond motifs is 1. The van der Waals surface area contributed by atoms with E-state index >= 15 is 0 Å². The smallest absolute Gasteiger partial charge is 0.243 e. The van der Waals surface area contributed by atoms with Crippen LogP contribution in [0.4, 0.5) is 13.2 Å². The number of halogens is 4. The lowest BCUT2D eigenvalue weighted by Crippen LogP contribution is -2.45. The van der Waals surface area contributed by atoms with Crippen molar-refractivity contribution in [2.75, 3.05) is 6.54 Å². The fraction of sp³-hybridized carbons (Fsp3) is 0.320. The number of para-hydroxylation sites is 1. The van der Waals surface area contributed by atoms with Crippen molar-refractivity contribution in [3.8, 4) is 0 Å². The Kier molecular flexibility index (Phi) is 6.79. The number of likely N-dealkylation sites (tertiary alicyclic amines) is 1. The summed E-state index contributed by atoms with van der Waals surface area (Å²) in [5.74, 6) is -2.19. The zero-order valence-corrected chi connectivity index (χ0v) is 19.1. The summed E-state index contributed by atoms with van der Waals surface area (Å²) in [6.07, 6.45) is -2.98. The Labute approximate surface area is 199 Å². The Balaban J connectivity index is 1.54. The molecule has 178 valence electrons. The molecule has 0 N–H and O–H groups in total. The Bertz CT molecular complexity index is 1280. The lowest BCUT2D eigenvalue weighted by atomic mass is 10.00. The highest BCUT2D eigenvalue weighted by Gasteiger charge is 2.48. The van der Waals surface area contributed by atoms with Crippen LogP contribution in [0.2, 0.25) is 5.02 Å². The van der Waals surface area contributed by atoms with Crippen molar-refractivity contribution in [3.63, 3.8) is 0 Å². The second kappa shape index (κ2) is 9.62. The fourth-order valence-electron chi connectivity index (χ4n) is 4.42. The van der Waals surface area contributed by atoms with Gasteiger partial charge in [-0.2, -0.15) is 0 Å². The molecule has 0 unspecified atom stereocenters. The molecule has 1 amide bonds. The van der Waals surface area contributed by atoms with Crippen LogP contribution >= 0.6 is 11.6 Å². The number of amides is 1. The summed E-state index contributed by atoms with van der Waals surface area (Å²) in [4.78, 5) is 38.8. The van der Waals surface area contributed by atoms with Gasteiger partial charge in [0.1, 0.15) is 18.4 Å². The number of hydrogen-bond acceptors (Lipinski definition) is 3. The Morgan fingerprint density at radius 2 is 1.82 bits per heavy atom. The normalized spacial score (nSPS) is 20.1. The Hall–Kier alpha value is -3.13. The van der Waals surface area contributed by atoms with Crippen LogP contribution in [-0.2, 0) is 22.6 Å². The number of carbonyl (C=O) groups excluding carboxylic acids is 3. The molecule has 1 aliphatic rings. The molecule has 9 heteroatoms. The van der Waals surface area contributed by atoms with Crippen LogP contribution in [0.3, 0.4) is 0 Å². The maximum Gasteiger partial charge on any atom is 0.243 e. The topological polar surface area (TPSA) is 59.4 Å². The first-order chi connectivity index (χ1) is 16.2. The number of carbonyl (C=O) groups is 3. The van der Waals surface area contributed by atoms with Crippen molar-refractivity contribution in [3.05, 3.63) is 70.6 Å². The van der Waals surface area contributed by atoms with E-state index in [-0.39, 0.29) is 35.8 Å². The Morgan fingerprint density at radius 3 is 2.56 bits per heavy atom. The summed E-state index contributed by atoms with van der Waals surface area (Å²) >= 11 is 5.76. The van der Waals surface area contributed by atoms with Gasteiger partial charge in [0.15, 0.2) is 23.9 Å². The number of benzene rings is 2. The average Bonchev–Trinajstić information content (AvgIpc) is 3.32. The number of hydrogen-bond donors (Lipinski definition) is 0. The van der Waals surface area contributed by atoms with E-state index in [0.29, 0.717) is 16.5 Å². The van der Waals surface area contributed by atoms with Crippen LogP contribution in [0.25, 0.3) is 10.9 Å². The summed E-state index contributed by atoms with van der Waals surface area (Å²) in [5, 5.41) is 0.561. The van der Waals surface area contributed by atoms with Crippen molar-refractivity contribution in [1.82, 2.24) is 9.47 Å². The lowest BCUT2D eigenvalue weighted by Gasteiger charge is -2.24. The molecule has 2 heterocycles. The van der Waals surface area contributed by atoms with Gasteiger partial charge in [0.2, 0.25) is 5.91 Å². The van der Waals surface area contributed by atoms with Crippen LogP contribution in [0.5, 0.6) is 0 Å². The van der Waals surface area contributed by atoms with Gasteiger partial charge in [0.05, 0.1) is 11.6 Å². The van der Waals surface area contributed by atoms with Crippen molar-refractivity contribution >= 4 is 40.0 Å². The number of aryl methyl sites for hydroxylation is 1. The number of nitrogens with zero attached hydrogens (tertiary/aromatic N) is 2. The number of aromatic nitrogens is 1. The number of ketones is 2. The van der Waals surface area contributed by atoms with Gasteiger partial charge < -0.3 is 9.47 Å². The third kappa shape index (κ3) is 4.46. The van der Waals surface area contributed by atoms with Gasteiger partial charge in [0, 0.05) is 29.1 Å². The second-order valence-electron chi connectivity index (χ2n) is 8.37. The summed E-state index contributed by atoms with van der Waals surface area (Å²) in [6, 6.07) is 9.76. The molecular weight excluding hydrogens is 469 g/mol. The Morgan fingerprint density at radius 1 is 1.09 bits per heavy atom. The number of alkyl halides is 2. The molecule has 0 spiro atoms. The molecular formula is C25H22ClF3N2O3. The molecule has 1 aromatic heterocycles. The van der Waals surface area contributed by atoms with Gasteiger partial charge in [-0.15, -0.1) is 0 Å². The minimum atomic E-state index is -2.17. The molecule has 0 aliphatic carbocycles. The zero-order chi connectivity index (χ0) is 24.6. The monoisotopic (exact) mass is 490 g/mol. The van der Waals surface area contributed by atoms with E-state index in [2.05, 4.69) is 0 Å². The van der Waals surface area contributed by atoms with E-state index in [4.69, 9.17) is 11.6 Å². The standard InChI is InChI=1S/C25H22ClF3N2O3/c1-14(32)17-11-30(20-8-3-2-6-16(17)20)13-22(34)31-12-19(27)24(29)25(31)21(33)10-9-15-5-4-7-18(26)23(15)28/h2-8,11,19,24-25H,9-10,12-13H2,1H3/t19-,24+,25+/m0/s1. The molecule has 0 bridgehead atoms. The summed E-state index contributed by atoms with van der Waals surface area (Å²) in [6.45, 7) is 0.563. The van der Waals surface area contributed by atoms with E-state index in [9.17, 15) is 27.6 Å². The molecule has 34 heavy (non-hydrogen) atoms. The first-order valence-corrected chi connectivity index (χ1v) is 11.2. The largest absolute Gasteiger partial charge is 0.337 e. The van der Waals surface area contributed by atoms with E-state index in [0.717, 1.165) is 4.90 Å². The maximum absolute atomic E-state index is 14.7. The fourth-order valence-corrected chi connectivity index (χ4v) is 4.62. The van der Waals surface area contributed by atoms with Crippen LogP contribution in [0, 0.1) is 5.82 Å². The molecule has 1 saturated heterocycles. The predicted molar refractivity (Wildman–Crippen MR) is 122 cm³/mol. The number of Topliss-reactive ketones (excluding diaryl/α,β-unsaturated/α-hetero) is 2. The van der Waals surface area contributed by atoms with Crippen molar-refractivity contribution in [1.29, 1.82) is 0 Å². The van der Waals surface area contributed by atoms with Gasteiger partial charge in [-0.3, -0.25) is 14.4 Å². The molecule has 3 aromatic rings. The van der Waals surface area contributed by atoms with Gasteiger partial charge >= 0.3 is 0 Å². The van der Waals surface area contributed by atoms with Crippen molar-refractivity contribution in [2.45, 2.75) is 44.7 Å². The van der Waals surface area contributed by atoms with Crippen LogP contribution in [0.15, 0.2) is 48.7 Å². The highest BCUT2D eigenvalue weighted by molar-refractivity contribution is 6.30. The molecule has 3 atom stereocenters. The van der Waals surface area contributed by atoms with E-state index in [1.165, 1.54) is 35.9 Å². The van der Waals surface area contributed by atoms with Crippen LogP contribution < -0.4 is 0 Å². The molecule has 0 saturated carbocycles. The van der Waals surface area contributed by atoms with E-state index < -0.39 is 42.4 Å². The van der Waals surface area contributed by atoms with Gasteiger partial charge in [-0.05, 0) is 31.0 Å². The highest BCUT2D eigenvalue weighted by atomic mass is 35.5. The van der Waals surface area contributed by atoms with Gasteiger partial charge in [0.25, 0.3) is 0 Å². The van der Waals surface area contributed by atoms with E-state index in [1.807, 2.05) is 0 Å². The van der Waals surface area contributed by atoms with Crippen molar-refractivity contribution in [2.24, 2.45) is 0 Å². The molecule has 4 rings (SSSR count). The SMILES string of the molecule is CC(=O)c1cn(CC(=O)N2C[C@H](F)[C@@H](F)[C@H]2C(=O)CCc2cccc(Cl)c2F)c2ccccc12. The first kappa shape index (κ1) is 24.0. The maximum atomic E-state index is 14.7.